The summed E-state index contributed by atoms with van der Waals surface area (Å²) in [5.74, 6) is -3.76. The quantitative estimate of drug-likeness (QED) is 0.0388. The van der Waals surface area contributed by atoms with E-state index in [0.29, 0.717) is 38.5 Å². The molecule has 8 N–H and O–H groups in total. The molecule has 0 saturated carbocycles. The third kappa shape index (κ3) is 61.0. The molecule has 0 bridgehead atoms. The SMILES string of the molecule is CCC(CO)(CO)CO.CCCCCC(=O)O.CCCCCCCC(=O)O.CCCCCCCCCC(=O)O.O=C(O)CCCCC(=O)O. The van der Waals surface area contributed by atoms with Crippen molar-refractivity contribution >= 4 is 29.8 Å². The molecule has 0 aliphatic heterocycles. The van der Waals surface area contributed by atoms with Crippen molar-refractivity contribution in [1.29, 1.82) is 0 Å². The van der Waals surface area contributed by atoms with Crippen molar-refractivity contribution in [2.45, 2.75) is 175 Å². The summed E-state index contributed by atoms with van der Waals surface area (Å²) in [6.45, 7) is 7.76. The van der Waals surface area contributed by atoms with Gasteiger partial charge in [0.2, 0.25) is 0 Å². The number of hydrogen-bond donors (Lipinski definition) is 8. The molecule has 0 aliphatic rings. The van der Waals surface area contributed by atoms with Gasteiger partial charge in [-0.1, -0.05) is 105 Å². The van der Waals surface area contributed by atoms with Crippen molar-refractivity contribution in [1.82, 2.24) is 0 Å². The van der Waals surface area contributed by atoms with Crippen LogP contribution in [0.4, 0.5) is 0 Å². The lowest BCUT2D eigenvalue weighted by molar-refractivity contribution is -0.139. The van der Waals surface area contributed by atoms with Gasteiger partial charge in [0.15, 0.2) is 0 Å². The maximum Gasteiger partial charge on any atom is 0.303 e. The van der Waals surface area contributed by atoms with Gasteiger partial charge in [0.05, 0.1) is 19.8 Å². The summed E-state index contributed by atoms with van der Waals surface area (Å²) in [6, 6.07) is 0. The van der Waals surface area contributed by atoms with Crippen molar-refractivity contribution in [2.75, 3.05) is 19.8 Å². The summed E-state index contributed by atoms with van der Waals surface area (Å²) in [4.78, 5) is 49.8. The number of aliphatic carboxylic acids is 5. The third-order valence-electron chi connectivity index (χ3n) is 7.27. The molecule has 13 nitrogen and oxygen atoms in total. The van der Waals surface area contributed by atoms with E-state index >= 15 is 0 Å². The smallest absolute Gasteiger partial charge is 0.303 e. The third-order valence-corrected chi connectivity index (χ3v) is 7.27. The number of rotatable bonds is 27. The zero-order valence-corrected chi connectivity index (χ0v) is 31.0. The van der Waals surface area contributed by atoms with Crippen molar-refractivity contribution in [3.05, 3.63) is 0 Å². The van der Waals surface area contributed by atoms with E-state index in [4.69, 9.17) is 40.9 Å². The van der Waals surface area contributed by atoms with Gasteiger partial charge in [0, 0.05) is 37.5 Å². The molecule has 0 aromatic carbocycles. The summed E-state index contributed by atoms with van der Waals surface area (Å²) < 4.78 is 0. The van der Waals surface area contributed by atoms with E-state index in [0.717, 1.165) is 44.9 Å². The second-order valence-corrected chi connectivity index (χ2v) is 12.0. The molecule has 0 aromatic heterocycles. The molecule has 0 unspecified atom stereocenters. The Bertz CT molecular complexity index is 720. The first-order valence-corrected chi connectivity index (χ1v) is 18.1. The van der Waals surface area contributed by atoms with Crippen LogP contribution in [-0.2, 0) is 24.0 Å². The topological polar surface area (TPSA) is 247 Å². The van der Waals surface area contributed by atoms with Crippen molar-refractivity contribution in [3.63, 3.8) is 0 Å². The average molecular weight is 713 g/mol. The summed E-state index contributed by atoms with van der Waals surface area (Å²) >= 11 is 0. The molecule has 0 radical (unpaired) electrons. The van der Waals surface area contributed by atoms with Crippen LogP contribution in [0.25, 0.3) is 0 Å². The van der Waals surface area contributed by atoms with E-state index in [-0.39, 0.29) is 32.7 Å². The molecule has 0 aromatic rings. The van der Waals surface area contributed by atoms with Gasteiger partial charge in [-0.15, -0.1) is 0 Å². The van der Waals surface area contributed by atoms with E-state index in [2.05, 4.69) is 20.8 Å². The molecule has 0 rings (SSSR count). The number of aliphatic hydroxyl groups excluding tert-OH is 3. The van der Waals surface area contributed by atoms with Crippen LogP contribution in [-0.4, -0.2) is 90.5 Å². The zero-order valence-electron chi connectivity index (χ0n) is 31.0. The van der Waals surface area contributed by atoms with Crippen LogP contribution in [0.5, 0.6) is 0 Å². The zero-order chi connectivity index (χ0) is 38.8. The van der Waals surface area contributed by atoms with Gasteiger partial charge in [-0.25, -0.2) is 0 Å². The van der Waals surface area contributed by atoms with Crippen LogP contribution < -0.4 is 0 Å². The van der Waals surface area contributed by atoms with Crippen LogP contribution in [0.3, 0.4) is 0 Å². The van der Waals surface area contributed by atoms with E-state index in [9.17, 15) is 24.0 Å². The van der Waals surface area contributed by atoms with Crippen LogP contribution in [0.15, 0.2) is 0 Å². The van der Waals surface area contributed by atoms with Gasteiger partial charge in [0.1, 0.15) is 0 Å². The molecular formula is C36H72O13. The molecule has 13 heteroatoms. The molecular weight excluding hydrogens is 640 g/mol. The van der Waals surface area contributed by atoms with Gasteiger partial charge < -0.3 is 40.9 Å². The highest BCUT2D eigenvalue weighted by molar-refractivity contribution is 5.68. The first-order chi connectivity index (χ1) is 23.2. The maximum absolute atomic E-state index is 10.1. The fourth-order valence-corrected chi connectivity index (χ4v) is 3.68. The van der Waals surface area contributed by atoms with Crippen molar-refractivity contribution in [2.24, 2.45) is 5.41 Å². The number of aliphatic hydroxyl groups is 3. The second kappa shape index (κ2) is 45.2. The maximum atomic E-state index is 10.1. The average Bonchev–Trinajstić information content (AvgIpc) is 3.05. The minimum absolute atomic E-state index is 0.0628. The van der Waals surface area contributed by atoms with E-state index < -0.39 is 35.3 Å². The molecule has 49 heavy (non-hydrogen) atoms. The van der Waals surface area contributed by atoms with Gasteiger partial charge in [-0.05, 0) is 38.5 Å². The van der Waals surface area contributed by atoms with Crippen molar-refractivity contribution < 1.29 is 64.8 Å². The molecule has 294 valence electrons. The van der Waals surface area contributed by atoms with Gasteiger partial charge in [-0.3, -0.25) is 24.0 Å². The predicted octanol–water partition coefficient (Wildman–Crippen LogP) is 7.37. The number of unbranched alkanes of at least 4 members (excludes halogenated alkanes) is 13. The molecule has 0 amide bonds. The normalized spacial score (nSPS) is 10.0. The van der Waals surface area contributed by atoms with Crippen LogP contribution in [0.2, 0.25) is 0 Å². The highest BCUT2D eigenvalue weighted by atomic mass is 16.4. The molecule has 0 spiro atoms. The van der Waals surface area contributed by atoms with Gasteiger partial charge in [-0.2, -0.15) is 0 Å². The fraction of sp³-hybridized carbons (Fsp3) is 0.861. The summed E-state index contributed by atoms with van der Waals surface area (Å²) in [5, 5.41) is 67.0. The Morgan fingerprint density at radius 1 is 0.347 bits per heavy atom. The van der Waals surface area contributed by atoms with Gasteiger partial charge >= 0.3 is 29.8 Å². The lowest BCUT2D eigenvalue weighted by Crippen LogP contribution is -2.32. The summed E-state index contributed by atoms with van der Waals surface area (Å²) in [7, 11) is 0. The number of hydrogen-bond acceptors (Lipinski definition) is 8. The summed E-state index contributed by atoms with van der Waals surface area (Å²) in [5.41, 5.74) is -0.667. The minimum Gasteiger partial charge on any atom is -0.481 e. The second-order valence-electron chi connectivity index (χ2n) is 12.0. The molecule has 0 heterocycles. The Morgan fingerprint density at radius 3 is 0.714 bits per heavy atom. The first-order valence-electron chi connectivity index (χ1n) is 18.1. The molecule has 0 fully saturated rings. The minimum atomic E-state index is -0.870. The largest absolute Gasteiger partial charge is 0.481 e. The van der Waals surface area contributed by atoms with Gasteiger partial charge in [0.25, 0.3) is 0 Å². The lowest BCUT2D eigenvalue weighted by Gasteiger charge is -2.24. The highest BCUT2D eigenvalue weighted by Gasteiger charge is 2.24. The number of carbonyl (C=O) groups is 5. The molecule has 0 atom stereocenters. The van der Waals surface area contributed by atoms with Crippen LogP contribution >= 0.6 is 0 Å². The fourth-order valence-electron chi connectivity index (χ4n) is 3.68. The number of carboxylic acids is 5. The van der Waals surface area contributed by atoms with E-state index in [1.165, 1.54) is 51.4 Å². The molecule has 0 saturated heterocycles. The first kappa shape index (κ1) is 55.6. The molecule has 0 aliphatic carbocycles. The Balaban J connectivity index is -0.000000166. The van der Waals surface area contributed by atoms with Crippen LogP contribution in [0, 0.1) is 5.41 Å². The Labute approximate surface area is 295 Å². The highest BCUT2D eigenvalue weighted by Crippen LogP contribution is 2.18. The van der Waals surface area contributed by atoms with Crippen LogP contribution in [0.1, 0.15) is 175 Å². The predicted molar refractivity (Wildman–Crippen MR) is 191 cm³/mol. The number of carboxylic acid groups (broad SMARTS) is 5. The van der Waals surface area contributed by atoms with E-state index in [1.54, 1.807) is 0 Å². The van der Waals surface area contributed by atoms with E-state index in [1.807, 2.05) is 6.92 Å². The van der Waals surface area contributed by atoms with Crippen molar-refractivity contribution in [3.8, 4) is 0 Å². The standard InChI is InChI=1S/C10H20O2.C8H16O2.C6H10O4.C6H14O3.C6H12O2/c1-2-3-4-5-6-7-8-9-10(11)12;1-2-3-4-5-6-7-8(9)10;7-5(8)3-1-2-4-6(9)10;1-2-6(3-7,4-8)5-9;1-2-3-4-5-6(7)8/h2-9H2,1H3,(H,11,12);2-7H2,1H3,(H,9,10);1-4H2,(H,7,8)(H,9,10);7-9H,2-5H2,1H3;2-5H2,1H3,(H,7,8). The lowest BCUT2D eigenvalue weighted by atomic mass is 9.88. The Hall–Kier alpha value is -2.77. The monoisotopic (exact) mass is 712 g/mol. The summed E-state index contributed by atoms with van der Waals surface area (Å²) in [6.07, 6.45) is 19.4. The Kier molecular flexibility index (Phi) is 51.4. The Morgan fingerprint density at radius 2 is 0.531 bits per heavy atom.